The van der Waals surface area contributed by atoms with E-state index in [0.29, 0.717) is 12.4 Å². The molecule has 1 aromatic heterocycles. The van der Waals surface area contributed by atoms with E-state index in [2.05, 4.69) is 18.8 Å². The van der Waals surface area contributed by atoms with E-state index in [1.165, 1.54) is 109 Å². The third kappa shape index (κ3) is 18.8. The minimum Gasteiger partial charge on any atom is -0.375 e. The summed E-state index contributed by atoms with van der Waals surface area (Å²) in [6.07, 6.45) is 19.5. The van der Waals surface area contributed by atoms with Crippen LogP contribution >= 0.6 is 19.6 Å². The summed E-state index contributed by atoms with van der Waals surface area (Å²) in [6.45, 7) is 5.90. The Labute approximate surface area is 292 Å². The van der Waals surface area contributed by atoms with Gasteiger partial charge in [-0.2, -0.15) is 11.8 Å². The molecule has 13 heteroatoms. The van der Waals surface area contributed by atoms with Crippen molar-refractivity contribution < 1.29 is 32.4 Å². The van der Waals surface area contributed by atoms with E-state index < -0.39 is 44.2 Å². The monoisotopic (exact) mass is 722 g/mol. The van der Waals surface area contributed by atoms with Crippen molar-refractivity contribution in [1.82, 2.24) is 9.55 Å². The van der Waals surface area contributed by atoms with Gasteiger partial charge < -0.3 is 14.4 Å². The highest BCUT2D eigenvalue weighted by Gasteiger charge is 2.39. The number of phosphoric acid groups is 1. The Balaban J connectivity index is 1.74. The fraction of sp³-hybridized carbons (Fsp3) is 0.886. The van der Waals surface area contributed by atoms with Gasteiger partial charge in [0.2, 0.25) is 0 Å². The average Bonchev–Trinajstić information content (AvgIpc) is 3.43. The van der Waals surface area contributed by atoms with Gasteiger partial charge in [0.05, 0.1) is 19.3 Å². The van der Waals surface area contributed by atoms with Crippen LogP contribution in [0.3, 0.4) is 0 Å². The van der Waals surface area contributed by atoms with Gasteiger partial charge in [0.25, 0.3) is 5.56 Å². The summed E-state index contributed by atoms with van der Waals surface area (Å²) < 4.78 is 50.8. The molecule has 2 N–H and O–H groups in total. The van der Waals surface area contributed by atoms with Crippen molar-refractivity contribution in [2.75, 3.05) is 31.3 Å². The highest BCUT2D eigenvalue weighted by Crippen LogP contribution is 2.45. The van der Waals surface area contributed by atoms with Crippen LogP contribution in [-0.4, -0.2) is 64.2 Å². The van der Waals surface area contributed by atoms with Crippen molar-refractivity contribution in [3.63, 3.8) is 0 Å². The van der Waals surface area contributed by atoms with Crippen LogP contribution in [-0.2, 0) is 23.1 Å². The molecule has 0 saturated carbocycles. The Morgan fingerprint density at radius 1 is 0.938 bits per heavy atom. The molecule has 5 atom stereocenters. The highest BCUT2D eigenvalue weighted by atomic mass is 32.2. The molecule has 280 valence electrons. The minimum absolute atomic E-state index is 0.116. The second-order valence-electron chi connectivity index (χ2n) is 13.1. The van der Waals surface area contributed by atoms with Crippen LogP contribution in [0.5, 0.6) is 0 Å². The number of unbranched alkanes of at least 4 members (excludes halogenated alkanes) is 16. The van der Waals surface area contributed by atoms with Gasteiger partial charge >= 0.3 is 13.5 Å². The standard InChI is InChI=1S/C35H64FN2O8PS/c1-4-6-8-10-12-14-15-17-19-21-23-48-28-30(43-22-20-18-16-13-11-9-7-5-2)26-44-47(41,42)45-27-32-31(36)24-33(46-32)38-25-29(3)34(39)37-35(38)40/h25,30-33H,4-24,26-28H2,1-3H3,(H,41,42)(H,37,39,40)/t30-,31?,32?,33?/m0/s1. The van der Waals surface area contributed by atoms with Crippen molar-refractivity contribution in [2.24, 2.45) is 0 Å². The summed E-state index contributed by atoms with van der Waals surface area (Å²) >= 11 is 1.77. The molecule has 1 fully saturated rings. The largest absolute Gasteiger partial charge is 0.472 e. The topological polar surface area (TPSA) is 129 Å². The average molecular weight is 723 g/mol. The summed E-state index contributed by atoms with van der Waals surface area (Å²) in [5, 5.41) is 0. The lowest BCUT2D eigenvalue weighted by Crippen LogP contribution is -2.33. The number of H-pyrrole nitrogens is 1. The number of nitrogens with zero attached hydrogens (tertiary/aromatic N) is 1. The van der Waals surface area contributed by atoms with Crippen molar-refractivity contribution in [3.8, 4) is 0 Å². The second kappa shape index (κ2) is 25.9. The maximum atomic E-state index is 14.7. The first-order chi connectivity index (χ1) is 23.2. The molecule has 0 spiro atoms. The van der Waals surface area contributed by atoms with Gasteiger partial charge in [-0.1, -0.05) is 117 Å². The van der Waals surface area contributed by atoms with Gasteiger partial charge in [0.1, 0.15) is 18.5 Å². The van der Waals surface area contributed by atoms with Crippen LogP contribution in [0.15, 0.2) is 15.8 Å². The molecule has 0 radical (unpaired) electrons. The van der Waals surface area contributed by atoms with E-state index in [-0.39, 0.29) is 24.7 Å². The SMILES string of the molecule is CCCCCCCCCCCCSC[C@H](COP(=O)(O)OCC1OC(n2cc(C)c(=O)[nH]c2=O)CC1F)OCCCCCCCCCC. The first-order valence-corrected chi connectivity index (χ1v) is 21.2. The number of aryl methyl sites for hydroxylation is 1. The van der Waals surface area contributed by atoms with Crippen LogP contribution in [0.4, 0.5) is 4.39 Å². The lowest BCUT2D eigenvalue weighted by atomic mass is 10.1. The molecule has 1 saturated heterocycles. The molecule has 10 nitrogen and oxygen atoms in total. The summed E-state index contributed by atoms with van der Waals surface area (Å²) in [5.41, 5.74) is -0.964. The molecular weight excluding hydrogens is 658 g/mol. The number of nitrogens with one attached hydrogen (secondary N) is 1. The van der Waals surface area contributed by atoms with E-state index in [1.807, 2.05) is 0 Å². The predicted octanol–water partition coefficient (Wildman–Crippen LogP) is 8.78. The number of hydrogen-bond acceptors (Lipinski definition) is 8. The van der Waals surface area contributed by atoms with Crippen molar-refractivity contribution in [3.05, 3.63) is 32.6 Å². The number of phosphoric ester groups is 1. The quantitative estimate of drug-likeness (QED) is 0.0591. The Morgan fingerprint density at radius 2 is 1.50 bits per heavy atom. The van der Waals surface area contributed by atoms with E-state index in [0.717, 1.165) is 29.6 Å². The maximum Gasteiger partial charge on any atom is 0.472 e. The molecule has 0 amide bonds. The maximum absolute atomic E-state index is 14.7. The summed E-state index contributed by atoms with van der Waals surface area (Å²) in [6, 6.07) is 0. The van der Waals surface area contributed by atoms with Gasteiger partial charge in [0.15, 0.2) is 0 Å². The number of aromatic amines is 1. The van der Waals surface area contributed by atoms with Crippen molar-refractivity contribution >= 4 is 19.6 Å². The summed E-state index contributed by atoms with van der Waals surface area (Å²) in [5.74, 6) is 1.64. The number of halogens is 1. The fourth-order valence-electron chi connectivity index (χ4n) is 5.73. The molecule has 1 aliphatic rings. The van der Waals surface area contributed by atoms with Gasteiger partial charge in [-0.15, -0.1) is 0 Å². The number of thioether (sulfide) groups is 1. The molecule has 2 rings (SSSR count). The van der Waals surface area contributed by atoms with Crippen LogP contribution in [0.25, 0.3) is 0 Å². The second-order valence-corrected chi connectivity index (χ2v) is 15.7. The lowest BCUT2D eigenvalue weighted by Gasteiger charge is -2.21. The summed E-state index contributed by atoms with van der Waals surface area (Å²) in [4.78, 5) is 36.4. The Hall–Kier alpha value is -1.01. The zero-order chi connectivity index (χ0) is 35.0. The molecule has 1 aliphatic heterocycles. The van der Waals surface area contributed by atoms with Gasteiger partial charge in [-0.05, 0) is 25.5 Å². The number of aromatic nitrogens is 2. The fourth-order valence-corrected chi connectivity index (χ4v) is 7.52. The van der Waals surface area contributed by atoms with Gasteiger partial charge in [-0.25, -0.2) is 13.8 Å². The molecule has 2 heterocycles. The zero-order valence-corrected chi connectivity index (χ0v) is 31.6. The zero-order valence-electron chi connectivity index (χ0n) is 29.8. The molecule has 0 aromatic carbocycles. The Kier molecular flexibility index (Phi) is 23.3. The summed E-state index contributed by atoms with van der Waals surface area (Å²) in [7, 11) is -4.53. The lowest BCUT2D eigenvalue weighted by molar-refractivity contribution is -0.0392. The molecular formula is C35H64FN2O8PS. The van der Waals surface area contributed by atoms with E-state index in [1.54, 1.807) is 11.8 Å². The van der Waals surface area contributed by atoms with Crippen LogP contribution in [0, 0.1) is 6.92 Å². The predicted molar refractivity (Wildman–Crippen MR) is 193 cm³/mol. The highest BCUT2D eigenvalue weighted by molar-refractivity contribution is 7.99. The number of ether oxygens (including phenoxy) is 2. The minimum atomic E-state index is -4.53. The molecule has 0 bridgehead atoms. The Morgan fingerprint density at radius 3 is 2.10 bits per heavy atom. The first-order valence-electron chi connectivity index (χ1n) is 18.6. The van der Waals surface area contributed by atoms with E-state index in [9.17, 15) is 23.4 Å². The molecule has 4 unspecified atom stereocenters. The molecule has 0 aliphatic carbocycles. The van der Waals surface area contributed by atoms with Gasteiger partial charge in [-0.3, -0.25) is 23.4 Å². The molecule has 1 aromatic rings. The third-order valence-electron chi connectivity index (χ3n) is 8.74. The van der Waals surface area contributed by atoms with Crippen LogP contribution < -0.4 is 11.2 Å². The van der Waals surface area contributed by atoms with Crippen LogP contribution in [0.2, 0.25) is 0 Å². The number of hydrogen-bond donors (Lipinski definition) is 2. The van der Waals surface area contributed by atoms with Crippen molar-refractivity contribution in [1.29, 1.82) is 0 Å². The smallest absolute Gasteiger partial charge is 0.375 e. The third-order valence-corrected chi connectivity index (χ3v) is 10.9. The van der Waals surface area contributed by atoms with Crippen molar-refractivity contribution in [2.45, 2.75) is 167 Å². The first kappa shape index (κ1) is 43.2. The van der Waals surface area contributed by atoms with E-state index in [4.69, 9.17) is 18.5 Å². The normalized spacial score (nSPS) is 19.9. The Bertz CT molecular complexity index is 1140. The van der Waals surface area contributed by atoms with Crippen LogP contribution in [0.1, 0.15) is 148 Å². The number of rotatable bonds is 30. The number of alkyl halides is 1. The molecule has 48 heavy (non-hydrogen) atoms. The van der Waals surface area contributed by atoms with E-state index >= 15 is 0 Å². The van der Waals surface area contributed by atoms with Gasteiger partial charge in [0, 0.05) is 30.5 Å².